The second kappa shape index (κ2) is 8.00. The second-order valence-electron chi connectivity index (χ2n) is 6.91. The van der Waals surface area contributed by atoms with Crippen LogP contribution in [0.15, 0.2) is 53.7 Å². The smallest absolute Gasteiger partial charge is 0.267 e. The summed E-state index contributed by atoms with van der Waals surface area (Å²) in [5, 5.41) is 0.511. The Morgan fingerprint density at radius 3 is 2.59 bits per heavy atom. The molecule has 0 amide bonds. The molecule has 2 heterocycles. The zero-order valence-corrected chi connectivity index (χ0v) is 17.7. The highest BCUT2D eigenvalue weighted by atomic mass is 32.2. The van der Waals surface area contributed by atoms with Gasteiger partial charge in [-0.3, -0.25) is 4.72 Å². The van der Waals surface area contributed by atoms with E-state index in [1.54, 1.807) is 13.0 Å². The zero-order valence-electron chi connectivity index (χ0n) is 16.9. The van der Waals surface area contributed by atoms with Crippen LogP contribution in [-0.2, 0) is 10.0 Å². The molecule has 4 rings (SSSR count). The molecule has 0 aliphatic heterocycles. The molecule has 4 aromatic rings. The van der Waals surface area contributed by atoms with Crippen molar-refractivity contribution in [3.05, 3.63) is 66.0 Å². The summed E-state index contributed by atoms with van der Waals surface area (Å²) in [5.74, 6) is -2.03. The van der Waals surface area contributed by atoms with Crippen molar-refractivity contribution in [2.45, 2.75) is 11.8 Å². The molecule has 0 fully saturated rings. The fourth-order valence-electron chi connectivity index (χ4n) is 3.17. The van der Waals surface area contributed by atoms with Gasteiger partial charge in [-0.2, -0.15) is 0 Å². The first kappa shape index (κ1) is 21.4. The number of nitrogens with zero attached hydrogens (tertiary/aromatic N) is 3. The van der Waals surface area contributed by atoms with E-state index in [0.29, 0.717) is 16.5 Å². The summed E-state index contributed by atoms with van der Waals surface area (Å²) in [5.41, 5.74) is 5.96. The standard InChI is InChI=1S/C21H17F2N5O3S/c1-11-7-17(20(31-2)25-9-11)32(29,30)28-16-6-4-14(22)18(19(16)23)12-3-5-15-13(8-12)10-26-21(24)27-15/h3-10,28H,1-2H3,(H2,24,26,27). The number of halogens is 2. The number of pyridine rings is 1. The van der Waals surface area contributed by atoms with Crippen molar-refractivity contribution >= 4 is 32.6 Å². The van der Waals surface area contributed by atoms with Gasteiger partial charge in [-0.1, -0.05) is 6.07 Å². The average molecular weight is 457 g/mol. The van der Waals surface area contributed by atoms with Crippen molar-refractivity contribution in [1.29, 1.82) is 0 Å². The number of nitrogen functional groups attached to an aromatic ring is 1. The van der Waals surface area contributed by atoms with Gasteiger partial charge in [0, 0.05) is 17.8 Å². The first-order valence-corrected chi connectivity index (χ1v) is 10.7. The third kappa shape index (κ3) is 3.89. The summed E-state index contributed by atoms with van der Waals surface area (Å²) >= 11 is 0. The first-order valence-electron chi connectivity index (χ1n) is 9.23. The number of nitrogens with two attached hydrogens (primary N) is 1. The second-order valence-corrected chi connectivity index (χ2v) is 8.56. The Labute approximate surface area is 182 Å². The van der Waals surface area contributed by atoms with Crippen molar-refractivity contribution in [2.75, 3.05) is 17.6 Å². The molecule has 0 aliphatic rings. The Balaban J connectivity index is 1.79. The van der Waals surface area contributed by atoms with E-state index < -0.39 is 32.9 Å². The monoisotopic (exact) mass is 457 g/mol. The number of hydrogen-bond donors (Lipinski definition) is 2. The highest BCUT2D eigenvalue weighted by molar-refractivity contribution is 7.92. The maximum atomic E-state index is 15.3. The van der Waals surface area contributed by atoms with Crippen LogP contribution < -0.4 is 15.2 Å². The minimum atomic E-state index is -4.29. The topological polar surface area (TPSA) is 120 Å². The number of rotatable bonds is 5. The minimum absolute atomic E-state index is 0.0695. The Hall–Kier alpha value is -3.86. The Morgan fingerprint density at radius 2 is 1.84 bits per heavy atom. The number of anilines is 2. The third-order valence-electron chi connectivity index (χ3n) is 4.66. The molecule has 2 aromatic heterocycles. The SMILES string of the molecule is COc1ncc(C)cc1S(=O)(=O)Nc1ccc(F)c(-c2ccc3nc(N)ncc3c2)c1F. The molecule has 164 valence electrons. The zero-order chi connectivity index (χ0) is 23.0. The van der Waals surface area contributed by atoms with E-state index >= 15 is 4.39 Å². The first-order chi connectivity index (χ1) is 15.2. The number of methoxy groups -OCH3 is 1. The van der Waals surface area contributed by atoms with Gasteiger partial charge in [0.15, 0.2) is 5.82 Å². The highest BCUT2D eigenvalue weighted by Gasteiger charge is 2.24. The Morgan fingerprint density at radius 1 is 1.06 bits per heavy atom. The lowest BCUT2D eigenvalue weighted by Gasteiger charge is -2.14. The molecule has 0 unspecified atom stereocenters. The quantitative estimate of drug-likeness (QED) is 0.469. The number of aromatic nitrogens is 3. The van der Waals surface area contributed by atoms with E-state index in [9.17, 15) is 12.8 Å². The predicted octanol–water partition coefficient (Wildman–Crippen LogP) is 3.67. The molecule has 8 nitrogen and oxygen atoms in total. The van der Waals surface area contributed by atoms with Crippen molar-refractivity contribution in [3.8, 4) is 17.0 Å². The number of sulfonamides is 1. The molecular weight excluding hydrogens is 440 g/mol. The van der Waals surface area contributed by atoms with Gasteiger partial charge in [0.25, 0.3) is 10.0 Å². The van der Waals surface area contributed by atoms with E-state index in [4.69, 9.17) is 10.5 Å². The summed E-state index contributed by atoms with van der Waals surface area (Å²) in [7, 11) is -3.02. The largest absolute Gasteiger partial charge is 0.480 e. The van der Waals surface area contributed by atoms with Crippen molar-refractivity contribution in [1.82, 2.24) is 15.0 Å². The lowest BCUT2D eigenvalue weighted by molar-refractivity contribution is 0.385. The van der Waals surface area contributed by atoms with E-state index in [0.717, 1.165) is 12.1 Å². The average Bonchev–Trinajstić information content (AvgIpc) is 2.76. The van der Waals surface area contributed by atoms with E-state index in [2.05, 4.69) is 19.7 Å². The summed E-state index contributed by atoms with van der Waals surface area (Å²) in [4.78, 5) is 11.6. The van der Waals surface area contributed by atoms with Crippen LogP contribution in [0, 0.1) is 18.6 Å². The van der Waals surface area contributed by atoms with E-state index in [1.807, 2.05) is 0 Å². The Kier molecular flexibility index (Phi) is 5.35. The van der Waals surface area contributed by atoms with Crippen molar-refractivity contribution in [2.24, 2.45) is 0 Å². The van der Waals surface area contributed by atoms with Crippen LogP contribution in [-0.4, -0.2) is 30.5 Å². The van der Waals surface area contributed by atoms with Gasteiger partial charge in [0.05, 0.1) is 23.9 Å². The summed E-state index contributed by atoms with van der Waals surface area (Å²) in [6, 6.07) is 7.81. The normalized spacial score (nSPS) is 11.5. The lowest BCUT2D eigenvalue weighted by atomic mass is 10.0. The maximum absolute atomic E-state index is 15.3. The van der Waals surface area contributed by atoms with Crippen LogP contribution in [0.1, 0.15) is 5.56 Å². The number of nitrogens with one attached hydrogen (secondary N) is 1. The van der Waals surface area contributed by atoms with Crippen LogP contribution in [0.5, 0.6) is 5.88 Å². The van der Waals surface area contributed by atoms with Crippen LogP contribution in [0.4, 0.5) is 20.4 Å². The highest BCUT2D eigenvalue weighted by Crippen LogP contribution is 2.34. The van der Waals surface area contributed by atoms with Gasteiger partial charge < -0.3 is 10.5 Å². The van der Waals surface area contributed by atoms with E-state index in [-0.39, 0.29) is 22.3 Å². The van der Waals surface area contributed by atoms with Gasteiger partial charge >= 0.3 is 0 Å². The lowest BCUT2D eigenvalue weighted by Crippen LogP contribution is -2.16. The molecule has 0 spiro atoms. The number of hydrogen-bond acceptors (Lipinski definition) is 7. The van der Waals surface area contributed by atoms with Gasteiger partial charge in [-0.15, -0.1) is 0 Å². The van der Waals surface area contributed by atoms with Gasteiger partial charge in [0.2, 0.25) is 11.8 Å². The van der Waals surface area contributed by atoms with E-state index in [1.165, 1.54) is 37.7 Å². The molecule has 11 heteroatoms. The molecule has 0 atom stereocenters. The van der Waals surface area contributed by atoms with Gasteiger partial charge in [-0.05, 0) is 48.4 Å². The van der Waals surface area contributed by atoms with Crippen LogP contribution in [0.25, 0.3) is 22.0 Å². The minimum Gasteiger partial charge on any atom is -0.480 e. The molecular formula is C21H17F2N5O3S. The number of fused-ring (bicyclic) bond motifs is 1. The molecule has 3 N–H and O–H groups in total. The Bertz CT molecular complexity index is 1460. The fraction of sp³-hybridized carbons (Fsp3) is 0.0952. The molecule has 0 bridgehead atoms. The third-order valence-corrected chi connectivity index (χ3v) is 6.02. The maximum Gasteiger partial charge on any atom is 0.267 e. The number of aryl methyl sites for hydroxylation is 1. The van der Waals surface area contributed by atoms with Crippen LogP contribution >= 0.6 is 0 Å². The number of benzene rings is 2. The number of ether oxygens (including phenoxy) is 1. The van der Waals surface area contributed by atoms with Crippen LogP contribution in [0.3, 0.4) is 0 Å². The summed E-state index contributed by atoms with van der Waals surface area (Å²) in [6.07, 6.45) is 2.87. The molecule has 2 aromatic carbocycles. The fourth-order valence-corrected chi connectivity index (χ4v) is 4.44. The van der Waals surface area contributed by atoms with Crippen molar-refractivity contribution in [3.63, 3.8) is 0 Å². The van der Waals surface area contributed by atoms with Gasteiger partial charge in [-0.25, -0.2) is 32.2 Å². The van der Waals surface area contributed by atoms with Gasteiger partial charge in [0.1, 0.15) is 10.7 Å². The van der Waals surface area contributed by atoms with Crippen molar-refractivity contribution < 1.29 is 21.9 Å². The molecule has 0 saturated carbocycles. The summed E-state index contributed by atoms with van der Waals surface area (Å²) < 4.78 is 62.9. The van der Waals surface area contributed by atoms with Crippen LogP contribution in [0.2, 0.25) is 0 Å². The molecule has 0 radical (unpaired) electrons. The summed E-state index contributed by atoms with van der Waals surface area (Å²) in [6.45, 7) is 1.65. The predicted molar refractivity (Wildman–Crippen MR) is 116 cm³/mol. The molecule has 0 aliphatic carbocycles. The molecule has 32 heavy (non-hydrogen) atoms. The molecule has 0 saturated heterocycles.